The minimum absolute atomic E-state index is 0.516. The highest BCUT2D eigenvalue weighted by Gasteiger charge is 2.26. The van der Waals surface area contributed by atoms with E-state index in [0.29, 0.717) is 12.1 Å². The van der Waals surface area contributed by atoms with Gasteiger partial charge in [0.25, 0.3) is 0 Å². The molecule has 1 aliphatic rings. The first-order chi connectivity index (χ1) is 7.69. The summed E-state index contributed by atoms with van der Waals surface area (Å²) in [7, 11) is 0. The number of nitrogens with zero attached hydrogens (tertiary/aromatic N) is 3. The smallest absolute Gasteiger partial charge is 0.119 e. The average molecular weight is 225 g/mol. The van der Waals surface area contributed by atoms with Gasteiger partial charge in [-0.2, -0.15) is 5.10 Å². The second-order valence-electron chi connectivity index (χ2n) is 5.11. The minimum Gasteiger partial charge on any atom is -0.339 e. The maximum absolute atomic E-state index is 4.53. The predicted octanol–water partition coefficient (Wildman–Crippen LogP) is 3.13. The molecular weight excluding hydrogens is 198 g/mol. The summed E-state index contributed by atoms with van der Waals surface area (Å²) < 4.78 is 0. The maximum atomic E-state index is 4.53. The number of hydrogen-bond acceptors (Lipinski definition) is 3. The van der Waals surface area contributed by atoms with Crippen LogP contribution >= 0.6 is 0 Å². The summed E-state index contributed by atoms with van der Waals surface area (Å²) in [6, 6.07) is 0. The highest BCUT2D eigenvalue weighted by molar-refractivity contribution is 5.57. The van der Waals surface area contributed by atoms with Crippen LogP contribution in [-0.4, -0.2) is 35.5 Å². The lowest BCUT2D eigenvalue weighted by Gasteiger charge is -2.31. The van der Waals surface area contributed by atoms with Crippen molar-refractivity contribution in [2.24, 2.45) is 11.0 Å². The van der Waals surface area contributed by atoms with Crippen molar-refractivity contribution in [1.29, 1.82) is 0 Å². The molecule has 0 aromatic carbocycles. The standard InChI is InChI=1S/C13H27N3/c1-5-7-8-13-15(10-12(3)4)11-14-16(13)9-6-2/h11-13H,5-10H2,1-4H3. The molecule has 0 N–H and O–H groups in total. The molecule has 94 valence electrons. The molecule has 3 nitrogen and oxygen atoms in total. The highest BCUT2D eigenvalue weighted by Crippen LogP contribution is 2.19. The Morgan fingerprint density at radius 3 is 2.56 bits per heavy atom. The van der Waals surface area contributed by atoms with E-state index in [0.717, 1.165) is 13.1 Å². The molecule has 0 radical (unpaired) electrons. The van der Waals surface area contributed by atoms with Crippen molar-refractivity contribution in [2.75, 3.05) is 13.1 Å². The molecule has 0 aliphatic carbocycles. The van der Waals surface area contributed by atoms with Crippen LogP contribution in [0.4, 0.5) is 0 Å². The molecule has 3 heteroatoms. The lowest BCUT2D eigenvalue weighted by atomic mass is 10.1. The van der Waals surface area contributed by atoms with Crippen LogP contribution < -0.4 is 0 Å². The third-order valence-corrected chi connectivity index (χ3v) is 2.92. The van der Waals surface area contributed by atoms with Crippen LogP contribution in [0.3, 0.4) is 0 Å². The lowest BCUT2D eigenvalue weighted by molar-refractivity contribution is 0.112. The van der Waals surface area contributed by atoms with E-state index in [1.54, 1.807) is 0 Å². The fraction of sp³-hybridized carbons (Fsp3) is 0.923. The fourth-order valence-electron chi connectivity index (χ4n) is 2.19. The molecule has 1 heterocycles. The summed E-state index contributed by atoms with van der Waals surface area (Å²) >= 11 is 0. The molecule has 1 unspecified atom stereocenters. The van der Waals surface area contributed by atoms with Crippen LogP contribution in [0.25, 0.3) is 0 Å². The van der Waals surface area contributed by atoms with Crippen LogP contribution in [0, 0.1) is 5.92 Å². The van der Waals surface area contributed by atoms with Gasteiger partial charge in [0, 0.05) is 13.1 Å². The Hall–Kier alpha value is -0.730. The van der Waals surface area contributed by atoms with E-state index in [4.69, 9.17) is 0 Å². The summed E-state index contributed by atoms with van der Waals surface area (Å²) in [5.74, 6) is 0.706. The van der Waals surface area contributed by atoms with Gasteiger partial charge in [0.2, 0.25) is 0 Å². The normalized spacial score (nSPS) is 20.2. The molecule has 16 heavy (non-hydrogen) atoms. The van der Waals surface area contributed by atoms with Gasteiger partial charge in [-0.25, -0.2) is 0 Å². The summed E-state index contributed by atoms with van der Waals surface area (Å²) in [5, 5.41) is 6.79. The van der Waals surface area contributed by atoms with Crippen molar-refractivity contribution >= 4 is 6.34 Å². The molecule has 0 saturated carbocycles. The van der Waals surface area contributed by atoms with Gasteiger partial charge in [-0.05, 0) is 25.2 Å². The van der Waals surface area contributed by atoms with Crippen LogP contribution in [0.2, 0.25) is 0 Å². The van der Waals surface area contributed by atoms with Gasteiger partial charge in [-0.15, -0.1) is 0 Å². The molecule has 1 rings (SSSR count). The van der Waals surface area contributed by atoms with Gasteiger partial charge in [0.05, 0.1) is 0 Å². The third kappa shape index (κ3) is 3.69. The second kappa shape index (κ2) is 6.77. The molecule has 0 aromatic rings. The maximum Gasteiger partial charge on any atom is 0.119 e. The Balaban J connectivity index is 2.52. The Morgan fingerprint density at radius 2 is 2.00 bits per heavy atom. The molecule has 0 bridgehead atoms. The van der Waals surface area contributed by atoms with E-state index >= 15 is 0 Å². The molecule has 0 aromatic heterocycles. The average Bonchev–Trinajstić information content (AvgIpc) is 2.58. The van der Waals surface area contributed by atoms with E-state index in [-0.39, 0.29) is 0 Å². The summed E-state index contributed by atoms with van der Waals surface area (Å²) in [5.41, 5.74) is 0. The van der Waals surface area contributed by atoms with Crippen molar-refractivity contribution in [3.63, 3.8) is 0 Å². The molecule has 1 aliphatic heterocycles. The Kier molecular flexibility index (Phi) is 5.64. The second-order valence-corrected chi connectivity index (χ2v) is 5.11. The van der Waals surface area contributed by atoms with E-state index in [1.807, 2.05) is 6.34 Å². The lowest BCUT2D eigenvalue weighted by Crippen LogP contribution is -2.41. The Morgan fingerprint density at radius 1 is 1.25 bits per heavy atom. The largest absolute Gasteiger partial charge is 0.339 e. The van der Waals surface area contributed by atoms with Crippen LogP contribution in [0.5, 0.6) is 0 Å². The van der Waals surface area contributed by atoms with Crippen LogP contribution in [0.15, 0.2) is 5.10 Å². The number of hydrogen-bond donors (Lipinski definition) is 0. The Bertz CT molecular complexity index is 213. The SMILES string of the molecule is CCCCC1N(CC(C)C)C=NN1CCC. The number of rotatable bonds is 7. The van der Waals surface area contributed by atoms with Gasteiger partial charge >= 0.3 is 0 Å². The molecule has 1 atom stereocenters. The van der Waals surface area contributed by atoms with Gasteiger partial charge < -0.3 is 4.90 Å². The van der Waals surface area contributed by atoms with Crippen LogP contribution in [-0.2, 0) is 0 Å². The first-order valence-electron chi connectivity index (χ1n) is 6.75. The quantitative estimate of drug-likeness (QED) is 0.663. The first kappa shape index (κ1) is 13.3. The van der Waals surface area contributed by atoms with Crippen molar-refractivity contribution in [3.8, 4) is 0 Å². The van der Waals surface area contributed by atoms with Crippen LogP contribution in [0.1, 0.15) is 53.4 Å². The van der Waals surface area contributed by atoms with E-state index in [2.05, 4.69) is 42.7 Å². The van der Waals surface area contributed by atoms with Crippen molar-refractivity contribution < 1.29 is 0 Å². The molecular formula is C13H27N3. The summed E-state index contributed by atoms with van der Waals surface area (Å²) in [6.07, 6.45) is 7.53. The van der Waals surface area contributed by atoms with Gasteiger partial charge in [-0.3, -0.25) is 5.01 Å². The van der Waals surface area contributed by atoms with Crippen molar-refractivity contribution in [1.82, 2.24) is 9.91 Å². The topological polar surface area (TPSA) is 18.8 Å². The zero-order valence-electron chi connectivity index (χ0n) is 11.3. The zero-order chi connectivity index (χ0) is 12.0. The minimum atomic E-state index is 0.516. The molecule has 0 amide bonds. The first-order valence-corrected chi connectivity index (χ1v) is 6.75. The molecule has 0 fully saturated rings. The summed E-state index contributed by atoms with van der Waals surface area (Å²) in [6.45, 7) is 11.2. The van der Waals surface area contributed by atoms with Crippen molar-refractivity contribution in [3.05, 3.63) is 0 Å². The predicted molar refractivity (Wildman–Crippen MR) is 70.3 cm³/mol. The highest BCUT2D eigenvalue weighted by atomic mass is 15.6. The molecule has 0 saturated heterocycles. The van der Waals surface area contributed by atoms with E-state index in [9.17, 15) is 0 Å². The van der Waals surface area contributed by atoms with E-state index in [1.165, 1.54) is 25.7 Å². The van der Waals surface area contributed by atoms with Gasteiger partial charge in [0.1, 0.15) is 12.5 Å². The van der Waals surface area contributed by atoms with Gasteiger partial charge in [0.15, 0.2) is 0 Å². The molecule has 0 spiro atoms. The third-order valence-electron chi connectivity index (χ3n) is 2.92. The Labute approximate surface area is 100 Å². The fourth-order valence-corrected chi connectivity index (χ4v) is 2.19. The van der Waals surface area contributed by atoms with Crippen molar-refractivity contribution in [2.45, 2.75) is 59.5 Å². The van der Waals surface area contributed by atoms with Gasteiger partial charge in [-0.1, -0.05) is 34.1 Å². The monoisotopic (exact) mass is 225 g/mol. The number of unbranched alkanes of at least 4 members (excludes halogenated alkanes) is 1. The zero-order valence-corrected chi connectivity index (χ0v) is 11.3. The summed E-state index contributed by atoms with van der Waals surface area (Å²) in [4.78, 5) is 2.41. The van der Waals surface area contributed by atoms with E-state index < -0.39 is 0 Å². The number of hydrazone groups is 1.